The van der Waals surface area contributed by atoms with Crippen LogP contribution in [0.2, 0.25) is 0 Å². The maximum atomic E-state index is 12.1. The topological polar surface area (TPSA) is 32.8 Å². The normalized spacial score (nSPS) is 34.4. The maximum Gasteiger partial charge on any atom is 0.152 e. The smallest absolute Gasteiger partial charge is 0.152 e. The number of hydrogen-bond donors (Lipinski definition) is 0. The van der Waals surface area contributed by atoms with Crippen LogP contribution in [0.1, 0.15) is 25.7 Å². The van der Waals surface area contributed by atoms with Crippen molar-refractivity contribution < 1.29 is 9.53 Å². The van der Waals surface area contributed by atoms with Gasteiger partial charge in [-0.1, -0.05) is 0 Å². The Balaban J connectivity index is 1.45. The number of rotatable bonds is 4. The van der Waals surface area contributed by atoms with Gasteiger partial charge in [-0.25, -0.2) is 0 Å². The quantitative estimate of drug-likeness (QED) is 0.739. The Bertz CT molecular complexity index is 296. The molecule has 0 amide bonds. The molecule has 0 aromatic heterocycles. The zero-order chi connectivity index (χ0) is 12.4. The van der Waals surface area contributed by atoms with E-state index in [9.17, 15) is 4.79 Å². The van der Waals surface area contributed by atoms with Crippen molar-refractivity contribution in [1.29, 1.82) is 0 Å². The average Bonchev–Trinajstić information content (AvgIpc) is 3.12. The van der Waals surface area contributed by atoms with Gasteiger partial charge in [-0.3, -0.25) is 14.6 Å². The van der Waals surface area contributed by atoms with Gasteiger partial charge in [-0.05, 0) is 38.8 Å². The van der Waals surface area contributed by atoms with Crippen LogP contribution in [-0.2, 0) is 9.53 Å². The van der Waals surface area contributed by atoms with Gasteiger partial charge in [-0.2, -0.15) is 0 Å². The van der Waals surface area contributed by atoms with Crippen molar-refractivity contribution in [2.24, 2.45) is 5.92 Å². The first-order valence-electron chi connectivity index (χ1n) is 7.40. The van der Waals surface area contributed by atoms with Gasteiger partial charge in [0.25, 0.3) is 0 Å². The number of ether oxygens (including phenoxy) is 1. The van der Waals surface area contributed by atoms with Crippen LogP contribution in [0.25, 0.3) is 0 Å². The third kappa shape index (κ3) is 2.76. The molecule has 2 atom stereocenters. The summed E-state index contributed by atoms with van der Waals surface area (Å²) >= 11 is 0. The summed E-state index contributed by atoms with van der Waals surface area (Å²) < 4.78 is 5.30. The first kappa shape index (κ1) is 12.6. The minimum absolute atomic E-state index is 0.177. The molecule has 4 nitrogen and oxygen atoms in total. The molecule has 0 radical (unpaired) electrons. The van der Waals surface area contributed by atoms with E-state index < -0.39 is 0 Å². The van der Waals surface area contributed by atoms with Crippen LogP contribution in [0.15, 0.2) is 0 Å². The lowest BCUT2D eigenvalue weighted by Gasteiger charge is -2.23. The van der Waals surface area contributed by atoms with Crippen molar-refractivity contribution in [1.82, 2.24) is 9.80 Å². The number of carbonyl (C=O) groups is 1. The Kier molecular flexibility index (Phi) is 3.97. The van der Waals surface area contributed by atoms with Gasteiger partial charge in [0.15, 0.2) is 5.78 Å². The van der Waals surface area contributed by atoms with Gasteiger partial charge < -0.3 is 4.74 Å². The highest BCUT2D eigenvalue weighted by atomic mass is 16.5. The van der Waals surface area contributed by atoms with E-state index in [4.69, 9.17) is 4.74 Å². The Hall–Kier alpha value is -0.450. The van der Waals surface area contributed by atoms with Gasteiger partial charge in [0.2, 0.25) is 0 Å². The molecule has 2 unspecified atom stereocenters. The largest absolute Gasteiger partial charge is 0.381 e. The fourth-order valence-corrected chi connectivity index (χ4v) is 3.50. The molecule has 3 aliphatic heterocycles. The molecule has 102 valence electrons. The zero-order valence-electron chi connectivity index (χ0n) is 11.1. The fourth-order valence-electron chi connectivity index (χ4n) is 3.50. The van der Waals surface area contributed by atoms with Crippen molar-refractivity contribution >= 4 is 5.78 Å². The molecule has 3 aliphatic rings. The van der Waals surface area contributed by atoms with Gasteiger partial charge in [0.1, 0.15) is 0 Å². The summed E-state index contributed by atoms with van der Waals surface area (Å²) in [5.74, 6) is 0.574. The fraction of sp³-hybridized carbons (Fsp3) is 0.929. The Labute approximate surface area is 109 Å². The molecule has 4 heteroatoms. The van der Waals surface area contributed by atoms with E-state index >= 15 is 0 Å². The lowest BCUT2D eigenvalue weighted by atomic mass is 10.0. The Morgan fingerprint density at radius 3 is 2.72 bits per heavy atom. The van der Waals surface area contributed by atoms with E-state index in [1.165, 1.54) is 32.4 Å². The van der Waals surface area contributed by atoms with Gasteiger partial charge in [-0.15, -0.1) is 0 Å². The summed E-state index contributed by atoms with van der Waals surface area (Å²) in [7, 11) is 0. The molecular formula is C14H24N2O2. The molecule has 0 spiro atoms. The number of ketones is 1. The number of hydrogen-bond acceptors (Lipinski definition) is 4. The molecule has 0 aliphatic carbocycles. The first-order chi connectivity index (χ1) is 8.83. The van der Waals surface area contributed by atoms with E-state index in [0.29, 0.717) is 25.0 Å². The maximum absolute atomic E-state index is 12.1. The highest BCUT2D eigenvalue weighted by molar-refractivity contribution is 5.83. The summed E-state index contributed by atoms with van der Waals surface area (Å²) in [5.41, 5.74) is 0. The minimum atomic E-state index is 0.177. The number of Topliss-reactive ketones (excluding diaryl/α,β-unsaturated/α-hetero) is 1. The van der Waals surface area contributed by atoms with Crippen molar-refractivity contribution in [2.45, 2.75) is 31.7 Å². The number of carbonyl (C=O) groups excluding carboxylic acids is 1. The highest BCUT2D eigenvalue weighted by Gasteiger charge is 2.32. The Morgan fingerprint density at radius 1 is 1.17 bits per heavy atom. The predicted octanol–water partition coefficient (Wildman–Crippen LogP) is 0.762. The van der Waals surface area contributed by atoms with E-state index in [1.807, 2.05) is 0 Å². The zero-order valence-corrected chi connectivity index (χ0v) is 11.1. The standard InChI is InChI=1S/C14H24N2O2/c17-14(12-4-8-18-11-12)10-15-7-3-13(9-15)16-5-1-2-6-16/h12-13H,1-11H2. The van der Waals surface area contributed by atoms with Crippen LogP contribution in [0, 0.1) is 5.92 Å². The molecule has 3 fully saturated rings. The summed E-state index contributed by atoms with van der Waals surface area (Å²) in [4.78, 5) is 17.1. The number of nitrogens with zero attached hydrogens (tertiary/aromatic N) is 2. The monoisotopic (exact) mass is 252 g/mol. The number of likely N-dealkylation sites (tertiary alicyclic amines) is 2. The lowest BCUT2D eigenvalue weighted by molar-refractivity contribution is -0.123. The molecule has 3 rings (SSSR count). The van der Waals surface area contributed by atoms with Gasteiger partial charge in [0, 0.05) is 31.7 Å². The summed E-state index contributed by atoms with van der Waals surface area (Å²) in [6.07, 6.45) is 4.89. The van der Waals surface area contributed by atoms with Crippen LogP contribution in [-0.4, -0.2) is 67.6 Å². The van der Waals surface area contributed by atoms with Crippen molar-refractivity contribution in [3.63, 3.8) is 0 Å². The molecule has 3 saturated heterocycles. The second-order valence-electron chi connectivity index (χ2n) is 5.95. The van der Waals surface area contributed by atoms with E-state index in [0.717, 1.165) is 26.1 Å². The molecule has 0 aromatic carbocycles. The van der Waals surface area contributed by atoms with Crippen LogP contribution >= 0.6 is 0 Å². The third-order valence-corrected chi connectivity index (χ3v) is 4.67. The predicted molar refractivity (Wildman–Crippen MR) is 69.6 cm³/mol. The van der Waals surface area contributed by atoms with E-state index in [2.05, 4.69) is 9.80 Å². The summed E-state index contributed by atoms with van der Waals surface area (Å²) in [6.45, 7) is 6.80. The minimum Gasteiger partial charge on any atom is -0.381 e. The van der Waals surface area contributed by atoms with Crippen LogP contribution in [0.3, 0.4) is 0 Å². The molecule has 0 N–H and O–H groups in total. The van der Waals surface area contributed by atoms with E-state index in [-0.39, 0.29) is 5.92 Å². The average molecular weight is 252 g/mol. The molecular weight excluding hydrogens is 228 g/mol. The van der Waals surface area contributed by atoms with Crippen molar-refractivity contribution in [3.8, 4) is 0 Å². The van der Waals surface area contributed by atoms with Gasteiger partial charge in [0.05, 0.1) is 13.2 Å². The second kappa shape index (κ2) is 5.68. The van der Waals surface area contributed by atoms with Crippen LogP contribution in [0.5, 0.6) is 0 Å². The molecule has 0 saturated carbocycles. The highest BCUT2D eigenvalue weighted by Crippen LogP contribution is 2.21. The van der Waals surface area contributed by atoms with E-state index in [1.54, 1.807) is 0 Å². The summed E-state index contributed by atoms with van der Waals surface area (Å²) in [5, 5.41) is 0. The second-order valence-corrected chi connectivity index (χ2v) is 5.95. The van der Waals surface area contributed by atoms with Crippen molar-refractivity contribution in [3.05, 3.63) is 0 Å². The SMILES string of the molecule is O=C(CN1CCC(N2CCCC2)C1)C1CCOC1. The van der Waals surface area contributed by atoms with Crippen LogP contribution in [0.4, 0.5) is 0 Å². The molecule has 3 heterocycles. The third-order valence-electron chi connectivity index (χ3n) is 4.67. The molecule has 18 heavy (non-hydrogen) atoms. The Morgan fingerprint density at radius 2 is 2.00 bits per heavy atom. The van der Waals surface area contributed by atoms with Gasteiger partial charge >= 0.3 is 0 Å². The summed E-state index contributed by atoms with van der Waals surface area (Å²) in [6, 6.07) is 0.708. The lowest BCUT2D eigenvalue weighted by Crippen LogP contribution is -2.37. The molecule has 0 aromatic rings. The molecule has 0 bridgehead atoms. The first-order valence-corrected chi connectivity index (χ1v) is 7.40. The van der Waals surface area contributed by atoms with Crippen LogP contribution < -0.4 is 0 Å². The van der Waals surface area contributed by atoms with Crippen molar-refractivity contribution in [2.75, 3.05) is 45.9 Å².